The molecule has 0 aromatic heterocycles. The zero-order chi connectivity index (χ0) is 14.5. The third kappa shape index (κ3) is 5.19. The van der Waals surface area contributed by atoms with Crippen LogP contribution in [0.2, 0.25) is 0 Å². The lowest BCUT2D eigenvalue weighted by molar-refractivity contribution is -0.133. The molecule has 2 N–H and O–H groups in total. The van der Waals surface area contributed by atoms with Crippen LogP contribution in [0.1, 0.15) is 52.9 Å². The summed E-state index contributed by atoms with van der Waals surface area (Å²) in [7, 11) is 0. The average Bonchev–Trinajstić information content (AvgIpc) is 2.37. The maximum absolute atomic E-state index is 12.0. The first-order valence-corrected chi connectivity index (χ1v) is 7.05. The second-order valence-electron chi connectivity index (χ2n) is 6.41. The van der Waals surface area contributed by atoms with Gasteiger partial charge in [0.25, 0.3) is 0 Å². The summed E-state index contributed by atoms with van der Waals surface area (Å²) in [4.78, 5) is 24.7. The third-order valence-electron chi connectivity index (χ3n) is 3.99. The number of likely N-dealkylation sites (tertiary alicyclic amines) is 1. The molecule has 5 nitrogen and oxygen atoms in total. The maximum Gasteiger partial charge on any atom is 0.243 e. The Balaban J connectivity index is 2.27. The molecule has 0 aromatic carbocycles. The molecule has 1 rings (SSSR count). The van der Waals surface area contributed by atoms with Gasteiger partial charge in [0.1, 0.15) is 0 Å². The van der Waals surface area contributed by atoms with Gasteiger partial charge >= 0.3 is 0 Å². The van der Waals surface area contributed by atoms with Crippen LogP contribution in [0.4, 0.5) is 0 Å². The van der Waals surface area contributed by atoms with Crippen molar-refractivity contribution < 1.29 is 14.8 Å². The summed E-state index contributed by atoms with van der Waals surface area (Å²) in [6, 6.07) is 0. The van der Waals surface area contributed by atoms with Crippen molar-refractivity contribution in [3.8, 4) is 0 Å². The summed E-state index contributed by atoms with van der Waals surface area (Å²) in [5.74, 6) is 0.369. The zero-order valence-corrected chi connectivity index (χ0v) is 12.2. The Labute approximate surface area is 115 Å². The molecule has 0 saturated carbocycles. The van der Waals surface area contributed by atoms with Crippen LogP contribution in [0.15, 0.2) is 0 Å². The Morgan fingerprint density at radius 3 is 2.26 bits per heavy atom. The highest BCUT2D eigenvalue weighted by molar-refractivity contribution is 5.78. The van der Waals surface area contributed by atoms with Gasteiger partial charge in [-0.2, -0.15) is 0 Å². The molecule has 5 heteroatoms. The number of hydroxylamine groups is 1. The van der Waals surface area contributed by atoms with E-state index < -0.39 is 5.91 Å². The fourth-order valence-electron chi connectivity index (χ4n) is 2.61. The van der Waals surface area contributed by atoms with Crippen molar-refractivity contribution in [2.75, 3.05) is 13.1 Å². The smallest absolute Gasteiger partial charge is 0.243 e. The fourth-order valence-corrected chi connectivity index (χ4v) is 2.61. The van der Waals surface area contributed by atoms with Gasteiger partial charge in [0.05, 0.1) is 0 Å². The molecule has 0 radical (unpaired) electrons. The second-order valence-corrected chi connectivity index (χ2v) is 6.41. The van der Waals surface area contributed by atoms with Gasteiger partial charge in [-0.1, -0.05) is 20.8 Å². The molecule has 0 aromatic rings. The zero-order valence-electron chi connectivity index (χ0n) is 12.2. The van der Waals surface area contributed by atoms with Crippen LogP contribution in [-0.2, 0) is 9.59 Å². The first kappa shape index (κ1) is 16.0. The summed E-state index contributed by atoms with van der Waals surface area (Å²) >= 11 is 0. The van der Waals surface area contributed by atoms with Crippen molar-refractivity contribution in [1.82, 2.24) is 10.4 Å². The van der Waals surface area contributed by atoms with Crippen molar-refractivity contribution in [3.05, 3.63) is 0 Å². The Kier molecular flexibility index (Phi) is 5.79. The van der Waals surface area contributed by atoms with E-state index in [-0.39, 0.29) is 12.3 Å². The summed E-state index contributed by atoms with van der Waals surface area (Å²) in [5.41, 5.74) is 1.89. The van der Waals surface area contributed by atoms with Crippen LogP contribution in [0.3, 0.4) is 0 Å². The van der Waals surface area contributed by atoms with Gasteiger partial charge < -0.3 is 4.90 Å². The van der Waals surface area contributed by atoms with Crippen molar-refractivity contribution >= 4 is 11.8 Å². The molecule has 1 saturated heterocycles. The molecule has 0 atom stereocenters. The van der Waals surface area contributed by atoms with Crippen LogP contribution >= 0.6 is 0 Å². The number of amides is 2. The van der Waals surface area contributed by atoms with E-state index in [9.17, 15) is 9.59 Å². The van der Waals surface area contributed by atoms with Crippen molar-refractivity contribution in [2.45, 2.75) is 52.9 Å². The highest BCUT2D eigenvalue weighted by atomic mass is 16.5. The van der Waals surface area contributed by atoms with Crippen molar-refractivity contribution in [2.24, 2.45) is 11.3 Å². The Morgan fingerprint density at radius 2 is 1.79 bits per heavy atom. The molecule has 0 unspecified atom stereocenters. The fraction of sp³-hybridized carbons (Fsp3) is 0.857. The molecule has 110 valence electrons. The number of carbonyl (C=O) groups is 2. The Morgan fingerprint density at radius 1 is 1.21 bits per heavy atom. The van der Waals surface area contributed by atoms with Gasteiger partial charge in [0, 0.05) is 25.9 Å². The number of nitrogens with one attached hydrogen (secondary N) is 1. The highest BCUT2D eigenvalue weighted by Crippen LogP contribution is 2.34. The normalized spacial score (nSPS) is 17.4. The van der Waals surface area contributed by atoms with Gasteiger partial charge in [-0.05, 0) is 30.6 Å². The largest absolute Gasteiger partial charge is 0.343 e. The first-order valence-electron chi connectivity index (χ1n) is 7.05. The van der Waals surface area contributed by atoms with E-state index in [0.717, 1.165) is 25.9 Å². The van der Waals surface area contributed by atoms with E-state index in [4.69, 9.17) is 5.21 Å². The molecule has 1 fully saturated rings. The van der Waals surface area contributed by atoms with E-state index in [1.54, 1.807) is 5.48 Å². The first-order chi connectivity index (χ1) is 8.84. The summed E-state index contributed by atoms with van der Waals surface area (Å²) in [6.07, 6.45) is 3.19. The second kappa shape index (κ2) is 6.89. The molecule has 19 heavy (non-hydrogen) atoms. The molecular weight excluding hydrogens is 244 g/mol. The SMILES string of the molecule is CC(C)(C)C1CCN(C(=O)CCCC(=O)NO)CC1. The molecule has 1 aliphatic rings. The van der Waals surface area contributed by atoms with E-state index in [0.29, 0.717) is 24.2 Å². The van der Waals surface area contributed by atoms with E-state index in [2.05, 4.69) is 20.8 Å². The number of piperidine rings is 1. The molecule has 0 bridgehead atoms. The summed E-state index contributed by atoms with van der Waals surface area (Å²) in [6.45, 7) is 8.41. The van der Waals surface area contributed by atoms with Gasteiger partial charge in [-0.15, -0.1) is 0 Å². The molecule has 1 heterocycles. The van der Waals surface area contributed by atoms with Crippen LogP contribution in [0.25, 0.3) is 0 Å². The quantitative estimate of drug-likeness (QED) is 0.606. The monoisotopic (exact) mass is 270 g/mol. The van der Waals surface area contributed by atoms with Crippen LogP contribution < -0.4 is 5.48 Å². The van der Waals surface area contributed by atoms with E-state index >= 15 is 0 Å². The Bertz CT molecular complexity index is 315. The maximum atomic E-state index is 12.0. The molecule has 0 spiro atoms. The minimum Gasteiger partial charge on any atom is -0.343 e. The van der Waals surface area contributed by atoms with Crippen LogP contribution in [-0.4, -0.2) is 35.0 Å². The molecule has 1 aliphatic heterocycles. The minimum atomic E-state index is -0.431. The topological polar surface area (TPSA) is 69.6 Å². The van der Waals surface area contributed by atoms with Gasteiger partial charge in [0.15, 0.2) is 0 Å². The lowest BCUT2D eigenvalue weighted by Crippen LogP contribution is -2.41. The van der Waals surface area contributed by atoms with E-state index in [1.807, 2.05) is 4.90 Å². The van der Waals surface area contributed by atoms with Crippen molar-refractivity contribution in [3.63, 3.8) is 0 Å². The highest BCUT2D eigenvalue weighted by Gasteiger charge is 2.30. The Hall–Kier alpha value is -1.10. The molecule has 2 amide bonds. The standard InChI is InChI=1S/C14H26N2O3/c1-14(2,3)11-7-9-16(10-8-11)13(18)6-4-5-12(17)15-19/h11,19H,4-10H2,1-3H3,(H,15,17). The number of rotatable bonds is 4. The number of carbonyl (C=O) groups excluding carboxylic acids is 2. The predicted molar refractivity (Wildman–Crippen MR) is 72.5 cm³/mol. The predicted octanol–water partition coefficient (Wildman–Crippen LogP) is 1.95. The van der Waals surface area contributed by atoms with Crippen LogP contribution in [0.5, 0.6) is 0 Å². The number of hydrogen-bond acceptors (Lipinski definition) is 3. The molecular formula is C14H26N2O3. The van der Waals surface area contributed by atoms with Gasteiger partial charge in [0.2, 0.25) is 11.8 Å². The van der Waals surface area contributed by atoms with E-state index in [1.165, 1.54) is 0 Å². The van der Waals surface area contributed by atoms with Gasteiger partial charge in [-0.3, -0.25) is 14.8 Å². The lowest BCUT2D eigenvalue weighted by Gasteiger charge is -2.38. The summed E-state index contributed by atoms with van der Waals surface area (Å²) < 4.78 is 0. The number of nitrogens with zero attached hydrogens (tertiary/aromatic N) is 1. The lowest BCUT2D eigenvalue weighted by atomic mass is 9.75. The third-order valence-corrected chi connectivity index (χ3v) is 3.99. The summed E-state index contributed by atoms with van der Waals surface area (Å²) in [5, 5.41) is 8.36. The molecule has 0 aliphatic carbocycles. The van der Waals surface area contributed by atoms with Gasteiger partial charge in [-0.25, -0.2) is 5.48 Å². The van der Waals surface area contributed by atoms with Crippen LogP contribution in [0, 0.1) is 11.3 Å². The van der Waals surface area contributed by atoms with Crippen molar-refractivity contribution in [1.29, 1.82) is 0 Å². The minimum absolute atomic E-state index is 0.123. The number of hydrogen-bond donors (Lipinski definition) is 2. The average molecular weight is 270 g/mol.